The van der Waals surface area contributed by atoms with Crippen LogP contribution in [0, 0.1) is 0 Å². The molecule has 3 heterocycles. The molecule has 0 saturated heterocycles. The summed E-state index contributed by atoms with van der Waals surface area (Å²) in [5, 5.41) is 21.7. The fraction of sp³-hybridized carbons (Fsp3) is 0. The average molecular weight is 372 g/mol. The Morgan fingerprint density at radius 2 is 1.75 bits per heavy atom. The minimum Gasteiger partial charge on any atom is -0.494 e. The molecule has 0 spiro atoms. The Balaban J connectivity index is 1.44. The molecule has 3 N–H and O–H groups in total. The normalized spacial score (nSPS) is 13.1. The van der Waals surface area contributed by atoms with Gasteiger partial charge in [0.1, 0.15) is 11.5 Å². The van der Waals surface area contributed by atoms with Crippen molar-refractivity contribution in [2.24, 2.45) is 15.0 Å². The first-order chi connectivity index (χ1) is 13.6. The molecular weight excluding hydrogens is 360 g/mol. The van der Waals surface area contributed by atoms with E-state index < -0.39 is 6.03 Å². The summed E-state index contributed by atoms with van der Waals surface area (Å²) in [6, 6.07) is 13.4. The van der Waals surface area contributed by atoms with Crippen LogP contribution in [0.2, 0.25) is 0 Å². The van der Waals surface area contributed by atoms with E-state index in [9.17, 15) is 15.0 Å². The van der Waals surface area contributed by atoms with E-state index in [1.165, 1.54) is 0 Å². The molecule has 4 aromatic rings. The quantitative estimate of drug-likeness (QED) is 0.478. The van der Waals surface area contributed by atoms with Crippen molar-refractivity contribution >= 4 is 28.7 Å². The second-order valence-corrected chi connectivity index (χ2v) is 6.22. The van der Waals surface area contributed by atoms with E-state index >= 15 is 0 Å². The van der Waals surface area contributed by atoms with E-state index in [1.54, 1.807) is 54.7 Å². The summed E-state index contributed by atoms with van der Waals surface area (Å²) in [7, 11) is 0. The number of nitrogens with zero attached hydrogens (tertiary/aromatic N) is 3. The van der Waals surface area contributed by atoms with E-state index in [2.05, 4.69) is 20.0 Å². The van der Waals surface area contributed by atoms with E-state index in [4.69, 9.17) is 4.42 Å². The first kappa shape index (κ1) is 16.0. The fourth-order valence-electron chi connectivity index (χ4n) is 3.07. The lowest BCUT2D eigenvalue weighted by Gasteiger charge is -1.98. The predicted molar refractivity (Wildman–Crippen MR) is 101 cm³/mol. The van der Waals surface area contributed by atoms with Crippen molar-refractivity contribution in [3.05, 3.63) is 65.0 Å². The van der Waals surface area contributed by atoms with E-state index in [1.807, 2.05) is 0 Å². The van der Waals surface area contributed by atoms with Crippen LogP contribution in [0.1, 0.15) is 5.76 Å². The van der Waals surface area contributed by atoms with Gasteiger partial charge in [-0.3, -0.25) is 9.98 Å². The standard InChI is InChI=1S/C20H12N4O4/c25-18-13-4-1-10(7-14(13)19(26)24-18)17-6-3-12(28-17)9-21-11-2-5-15-16(8-11)23-20(27)22-15/h1-9,24-26H. The van der Waals surface area contributed by atoms with Crippen molar-refractivity contribution in [2.75, 3.05) is 0 Å². The highest BCUT2D eigenvalue weighted by Gasteiger charge is 2.11. The zero-order chi connectivity index (χ0) is 19.3. The van der Waals surface area contributed by atoms with Crippen LogP contribution in [0.15, 0.2) is 67.9 Å². The monoisotopic (exact) mass is 372 g/mol. The van der Waals surface area contributed by atoms with Crippen molar-refractivity contribution in [3.63, 3.8) is 0 Å². The van der Waals surface area contributed by atoms with Gasteiger partial charge in [0.05, 0.1) is 22.6 Å². The van der Waals surface area contributed by atoms with Gasteiger partial charge in [-0.2, -0.15) is 9.98 Å². The van der Waals surface area contributed by atoms with Gasteiger partial charge in [-0.25, -0.2) is 4.79 Å². The zero-order valence-electron chi connectivity index (χ0n) is 14.2. The molecular formula is C20H12N4O4. The van der Waals surface area contributed by atoms with Gasteiger partial charge in [0, 0.05) is 16.3 Å². The van der Waals surface area contributed by atoms with Gasteiger partial charge >= 0.3 is 6.03 Å². The highest BCUT2D eigenvalue weighted by Crippen LogP contribution is 2.35. The minimum atomic E-state index is -0.509. The Kier molecular flexibility index (Phi) is 3.38. The minimum absolute atomic E-state index is 0.0816. The summed E-state index contributed by atoms with van der Waals surface area (Å²) < 4.78 is 5.80. The highest BCUT2D eigenvalue weighted by molar-refractivity contribution is 5.95. The van der Waals surface area contributed by atoms with Crippen LogP contribution in [-0.2, 0) is 0 Å². The number of carbonyl (C=O) groups excluding carboxylic acids is 1. The Morgan fingerprint density at radius 3 is 2.64 bits per heavy atom. The van der Waals surface area contributed by atoms with Gasteiger partial charge < -0.3 is 14.6 Å². The molecule has 1 aliphatic heterocycles. The van der Waals surface area contributed by atoms with Crippen LogP contribution in [-0.4, -0.2) is 27.4 Å². The highest BCUT2D eigenvalue weighted by atomic mass is 16.3. The number of hydrogen-bond donors (Lipinski definition) is 3. The number of furan rings is 1. The molecule has 0 saturated carbocycles. The maximum atomic E-state index is 11.2. The van der Waals surface area contributed by atoms with E-state index in [0.29, 0.717) is 38.7 Å². The first-order valence-corrected chi connectivity index (χ1v) is 8.36. The number of fused-ring (bicyclic) bond motifs is 2. The van der Waals surface area contributed by atoms with Gasteiger partial charge in [-0.1, -0.05) is 6.07 Å². The summed E-state index contributed by atoms with van der Waals surface area (Å²) in [6.07, 6.45) is 1.57. The second kappa shape index (κ2) is 5.92. The molecule has 5 rings (SSSR count). The maximum Gasteiger partial charge on any atom is 0.368 e. The number of aromatic hydroxyl groups is 2. The smallest absolute Gasteiger partial charge is 0.368 e. The van der Waals surface area contributed by atoms with Gasteiger partial charge in [-0.05, 0) is 42.5 Å². The molecule has 136 valence electrons. The molecule has 0 radical (unpaired) electrons. The molecule has 28 heavy (non-hydrogen) atoms. The van der Waals surface area contributed by atoms with Gasteiger partial charge in [0.15, 0.2) is 11.8 Å². The predicted octanol–water partition coefficient (Wildman–Crippen LogP) is 2.96. The second-order valence-electron chi connectivity index (χ2n) is 6.22. The molecule has 0 unspecified atom stereocenters. The molecule has 0 atom stereocenters. The summed E-state index contributed by atoms with van der Waals surface area (Å²) in [5.74, 6) is 0.947. The van der Waals surface area contributed by atoms with Gasteiger partial charge in [0.2, 0.25) is 0 Å². The van der Waals surface area contributed by atoms with Crippen LogP contribution in [0.3, 0.4) is 0 Å². The lowest BCUT2D eigenvalue weighted by atomic mass is 10.1. The molecule has 0 bridgehead atoms. The Bertz CT molecular complexity index is 1410. The van der Waals surface area contributed by atoms with Crippen LogP contribution in [0.4, 0.5) is 10.5 Å². The van der Waals surface area contributed by atoms with E-state index in [0.717, 1.165) is 5.56 Å². The van der Waals surface area contributed by atoms with Crippen molar-refractivity contribution in [3.8, 4) is 23.1 Å². The SMILES string of the molecule is O=C1N=c2ccc(N=Cc3ccc(-c4ccc5c(O)[nH]c(O)c5c4)o3)cc2=N1. The third-order valence-electron chi connectivity index (χ3n) is 4.41. The third-order valence-corrected chi connectivity index (χ3v) is 4.41. The maximum absolute atomic E-state index is 11.2. The summed E-state index contributed by atoms with van der Waals surface area (Å²) in [5.41, 5.74) is 1.37. The Morgan fingerprint density at radius 1 is 0.929 bits per heavy atom. The number of carbonyl (C=O) groups is 1. The zero-order valence-corrected chi connectivity index (χ0v) is 14.2. The number of rotatable bonds is 3. The Labute approximate surface area is 156 Å². The number of aliphatic imine (C=N–C) groups is 1. The molecule has 1 aliphatic rings. The molecule has 2 amide bonds. The molecule has 2 aromatic heterocycles. The average Bonchev–Trinajstić information content (AvgIpc) is 3.37. The number of urea groups is 1. The summed E-state index contributed by atoms with van der Waals surface area (Å²) in [6.45, 7) is 0. The first-order valence-electron chi connectivity index (χ1n) is 8.36. The fourth-order valence-corrected chi connectivity index (χ4v) is 3.07. The number of H-pyrrole nitrogens is 1. The summed E-state index contributed by atoms with van der Waals surface area (Å²) >= 11 is 0. The molecule has 8 heteroatoms. The summed E-state index contributed by atoms with van der Waals surface area (Å²) in [4.78, 5) is 25.6. The number of aromatic nitrogens is 1. The van der Waals surface area contributed by atoms with Crippen molar-refractivity contribution < 1.29 is 19.4 Å². The van der Waals surface area contributed by atoms with Crippen LogP contribution in [0.5, 0.6) is 11.8 Å². The lowest BCUT2D eigenvalue weighted by Crippen LogP contribution is -2.20. The molecule has 0 fully saturated rings. The number of hydrogen-bond acceptors (Lipinski definition) is 5. The lowest BCUT2D eigenvalue weighted by molar-refractivity contribution is 0.256. The topological polar surface area (TPSA) is 124 Å². The number of benzene rings is 2. The van der Waals surface area contributed by atoms with Gasteiger partial charge in [-0.15, -0.1) is 0 Å². The molecule has 2 aromatic carbocycles. The van der Waals surface area contributed by atoms with Crippen molar-refractivity contribution in [1.82, 2.24) is 4.98 Å². The molecule has 0 aliphatic carbocycles. The van der Waals surface area contributed by atoms with Crippen molar-refractivity contribution in [1.29, 1.82) is 0 Å². The largest absolute Gasteiger partial charge is 0.494 e. The number of nitrogens with one attached hydrogen (secondary N) is 1. The third kappa shape index (κ3) is 2.64. The Hall–Kier alpha value is -4.20. The number of amides is 2. The van der Waals surface area contributed by atoms with Gasteiger partial charge in [0.25, 0.3) is 0 Å². The van der Waals surface area contributed by atoms with Crippen LogP contribution >= 0.6 is 0 Å². The van der Waals surface area contributed by atoms with Crippen LogP contribution < -0.4 is 10.7 Å². The molecule has 8 nitrogen and oxygen atoms in total. The van der Waals surface area contributed by atoms with Crippen LogP contribution in [0.25, 0.3) is 22.1 Å². The number of aromatic amines is 1. The van der Waals surface area contributed by atoms with Crippen molar-refractivity contribution in [2.45, 2.75) is 0 Å². The van der Waals surface area contributed by atoms with E-state index in [-0.39, 0.29) is 11.8 Å².